The lowest BCUT2D eigenvalue weighted by Crippen LogP contribution is -2.08. The molecule has 6 aromatic rings. The first-order chi connectivity index (χ1) is 15.3. The summed E-state index contributed by atoms with van der Waals surface area (Å²) < 4.78 is 11.9. The molecule has 3 heterocycles. The number of H-pyrrole nitrogens is 2. The van der Waals surface area contributed by atoms with Crippen molar-refractivity contribution in [2.24, 2.45) is 0 Å². The Balaban J connectivity index is 1.46. The molecule has 3 aromatic heterocycles. The lowest BCUT2D eigenvalue weighted by molar-refractivity contribution is 0.306. The van der Waals surface area contributed by atoms with E-state index in [9.17, 15) is 4.79 Å². The van der Waals surface area contributed by atoms with E-state index in [1.54, 1.807) is 0 Å². The van der Waals surface area contributed by atoms with Gasteiger partial charge in [0, 0.05) is 16.8 Å². The second-order valence-electron chi connectivity index (χ2n) is 7.41. The van der Waals surface area contributed by atoms with Crippen molar-refractivity contribution in [3.05, 3.63) is 94.8 Å². The van der Waals surface area contributed by atoms with Gasteiger partial charge in [-0.25, -0.2) is 5.10 Å². The minimum Gasteiger partial charge on any atom is -0.489 e. The van der Waals surface area contributed by atoms with E-state index in [-0.39, 0.29) is 5.56 Å². The molecule has 31 heavy (non-hydrogen) atoms. The highest BCUT2D eigenvalue weighted by Crippen LogP contribution is 2.33. The minimum atomic E-state index is -0.251. The van der Waals surface area contributed by atoms with Crippen molar-refractivity contribution in [3.8, 4) is 17.2 Å². The van der Waals surface area contributed by atoms with Crippen LogP contribution >= 0.6 is 0 Å². The number of nitrogens with one attached hydrogen (secondary N) is 2. The number of aromatic amines is 2. The molecular weight excluding hydrogens is 390 g/mol. The van der Waals surface area contributed by atoms with E-state index in [0.29, 0.717) is 29.0 Å². The second-order valence-corrected chi connectivity index (χ2v) is 7.41. The molecule has 0 radical (unpaired) electrons. The topological polar surface area (TPSA) is 83.9 Å². The third kappa shape index (κ3) is 2.97. The van der Waals surface area contributed by atoms with Crippen LogP contribution in [-0.4, -0.2) is 15.2 Å². The Morgan fingerprint density at radius 1 is 0.935 bits per heavy atom. The molecule has 0 saturated heterocycles. The largest absolute Gasteiger partial charge is 0.489 e. The Labute approximate surface area is 176 Å². The first kappa shape index (κ1) is 17.5. The van der Waals surface area contributed by atoms with Gasteiger partial charge in [-0.05, 0) is 29.8 Å². The van der Waals surface area contributed by atoms with E-state index in [4.69, 9.17) is 9.15 Å². The number of nitrogens with zero attached hydrogens (tertiary/aromatic N) is 1. The van der Waals surface area contributed by atoms with Gasteiger partial charge >= 0.3 is 0 Å². The smallest absolute Gasteiger partial charge is 0.274 e. The van der Waals surface area contributed by atoms with Crippen LogP contribution in [0, 0.1) is 0 Å². The highest BCUT2D eigenvalue weighted by Gasteiger charge is 2.17. The second kappa shape index (κ2) is 6.88. The number of furan rings is 1. The van der Waals surface area contributed by atoms with E-state index in [1.165, 1.54) is 0 Å². The van der Waals surface area contributed by atoms with Crippen LogP contribution in [0.3, 0.4) is 0 Å². The maximum absolute atomic E-state index is 12.6. The monoisotopic (exact) mass is 407 g/mol. The summed E-state index contributed by atoms with van der Waals surface area (Å²) in [6, 6.07) is 25.3. The molecule has 3 aromatic carbocycles. The molecule has 0 aliphatic carbocycles. The van der Waals surface area contributed by atoms with Gasteiger partial charge in [0.2, 0.25) is 0 Å². The number of hydrogen-bond donors (Lipinski definition) is 2. The van der Waals surface area contributed by atoms with Crippen molar-refractivity contribution < 1.29 is 9.15 Å². The number of ether oxygens (including phenoxy) is 1. The van der Waals surface area contributed by atoms with Crippen LogP contribution in [0.25, 0.3) is 44.2 Å². The molecule has 2 N–H and O–H groups in total. The zero-order valence-electron chi connectivity index (χ0n) is 16.4. The van der Waals surface area contributed by atoms with Gasteiger partial charge in [-0.3, -0.25) is 4.79 Å². The molecule has 0 saturated carbocycles. The van der Waals surface area contributed by atoms with Crippen LogP contribution in [0.4, 0.5) is 0 Å². The van der Waals surface area contributed by atoms with Crippen molar-refractivity contribution >= 4 is 32.8 Å². The van der Waals surface area contributed by atoms with Gasteiger partial charge in [0.05, 0.1) is 16.4 Å². The fourth-order valence-electron chi connectivity index (χ4n) is 3.92. The van der Waals surface area contributed by atoms with E-state index in [0.717, 1.165) is 33.2 Å². The molecule has 0 unspecified atom stereocenters. The van der Waals surface area contributed by atoms with Crippen molar-refractivity contribution in [3.63, 3.8) is 0 Å². The molecule has 6 heteroatoms. The summed E-state index contributed by atoms with van der Waals surface area (Å²) in [5, 5.41) is 9.22. The summed E-state index contributed by atoms with van der Waals surface area (Å²) in [6.45, 7) is 0.471. The fourth-order valence-corrected chi connectivity index (χ4v) is 3.92. The van der Waals surface area contributed by atoms with E-state index in [1.807, 2.05) is 78.9 Å². The fraction of sp³-hybridized carbons (Fsp3) is 0.0400. The van der Waals surface area contributed by atoms with Crippen LogP contribution in [0.5, 0.6) is 5.75 Å². The Bertz CT molecular complexity index is 1580. The number of para-hydroxylation sites is 1. The predicted octanol–water partition coefficient (Wildman–Crippen LogP) is 5.40. The number of benzene rings is 3. The van der Waals surface area contributed by atoms with Gasteiger partial charge in [-0.2, -0.15) is 5.10 Å². The maximum Gasteiger partial charge on any atom is 0.274 e. The minimum absolute atomic E-state index is 0.251. The summed E-state index contributed by atoms with van der Waals surface area (Å²) in [5.41, 5.74) is 3.61. The van der Waals surface area contributed by atoms with Crippen molar-refractivity contribution in [2.45, 2.75) is 6.61 Å². The third-order valence-corrected chi connectivity index (χ3v) is 5.41. The SMILES string of the molecule is O=c1[nH]nc(-c2cc3ccccc3o2)c2[nH]c3cc(OCc4ccccc4)ccc3c12. The Morgan fingerprint density at radius 3 is 2.65 bits per heavy atom. The normalized spacial score (nSPS) is 11.5. The van der Waals surface area contributed by atoms with Crippen LogP contribution in [0.2, 0.25) is 0 Å². The van der Waals surface area contributed by atoms with Crippen molar-refractivity contribution in [2.75, 3.05) is 0 Å². The zero-order valence-corrected chi connectivity index (χ0v) is 16.4. The molecule has 0 fully saturated rings. The van der Waals surface area contributed by atoms with Crippen LogP contribution < -0.4 is 10.3 Å². The summed E-state index contributed by atoms with van der Waals surface area (Å²) in [5.74, 6) is 1.31. The van der Waals surface area contributed by atoms with Gasteiger partial charge in [0.1, 0.15) is 17.9 Å². The molecule has 0 bridgehead atoms. The van der Waals surface area contributed by atoms with Crippen LogP contribution in [-0.2, 0) is 6.61 Å². The van der Waals surface area contributed by atoms with Gasteiger partial charge in [0.15, 0.2) is 11.5 Å². The summed E-state index contributed by atoms with van der Waals surface area (Å²) in [6.07, 6.45) is 0. The van der Waals surface area contributed by atoms with E-state index < -0.39 is 0 Å². The van der Waals surface area contributed by atoms with E-state index >= 15 is 0 Å². The predicted molar refractivity (Wildman–Crippen MR) is 120 cm³/mol. The van der Waals surface area contributed by atoms with Crippen LogP contribution in [0.1, 0.15) is 5.56 Å². The van der Waals surface area contributed by atoms with Crippen LogP contribution in [0.15, 0.2) is 88.1 Å². The maximum atomic E-state index is 12.6. The first-order valence-electron chi connectivity index (χ1n) is 9.96. The molecular formula is C25H17N3O3. The number of aromatic nitrogens is 3. The lowest BCUT2D eigenvalue weighted by atomic mass is 10.1. The van der Waals surface area contributed by atoms with Gasteiger partial charge < -0.3 is 14.1 Å². The summed E-state index contributed by atoms with van der Waals surface area (Å²) in [4.78, 5) is 16.0. The molecule has 0 aliphatic heterocycles. The molecule has 0 spiro atoms. The Hall–Kier alpha value is -4.32. The van der Waals surface area contributed by atoms with Gasteiger partial charge in [-0.15, -0.1) is 0 Å². The zero-order chi connectivity index (χ0) is 20.8. The average Bonchev–Trinajstić information content (AvgIpc) is 3.40. The number of fused-ring (bicyclic) bond motifs is 4. The molecule has 0 atom stereocenters. The molecule has 6 nitrogen and oxygen atoms in total. The summed E-state index contributed by atoms with van der Waals surface area (Å²) in [7, 11) is 0. The Morgan fingerprint density at radius 2 is 1.77 bits per heavy atom. The molecule has 6 rings (SSSR count). The summed E-state index contributed by atoms with van der Waals surface area (Å²) >= 11 is 0. The lowest BCUT2D eigenvalue weighted by Gasteiger charge is -2.06. The average molecular weight is 407 g/mol. The van der Waals surface area contributed by atoms with Crippen molar-refractivity contribution in [1.29, 1.82) is 0 Å². The highest BCUT2D eigenvalue weighted by atomic mass is 16.5. The standard InChI is InChI=1S/C25H17N3O3/c29-25-22-18-11-10-17(30-14-15-6-2-1-3-7-15)13-19(18)26-24(22)23(27-28-25)21-12-16-8-4-5-9-20(16)31-21/h1-13,26H,14H2,(H,28,29). The number of hydrogen-bond acceptors (Lipinski definition) is 4. The molecule has 150 valence electrons. The first-order valence-corrected chi connectivity index (χ1v) is 9.96. The van der Waals surface area contributed by atoms with Gasteiger partial charge in [0.25, 0.3) is 5.56 Å². The molecule has 0 amide bonds. The van der Waals surface area contributed by atoms with Crippen molar-refractivity contribution in [1.82, 2.24) is 15.2 Å². The third-order valence-electron chi connectivity index (χ3n) is 5.41. The van der Waals surface area contributed by atoms with Gasteiger partial charge in [-0.1, -0.05) is 48.5 Å². The Kier molecular flexibility index (Phi) is 3.89. The quantitative estimate of drug-likeness (QED) is 0.410. The highest BCUT2D eigenvalue weighted by molar-refractivity contribution is 6.10. The van der Waals surface area contributed by atoms with E-state index in [2.05, 4.69) is 15.2 Å². The molecule has 0 aliphatic rings. The number of rotatable bonds is 4.